The van der Waals surface area contributed by atoms with E-state index in [0.29, 0.717) is 12.5 Å². The van der Waals surface area contributed by atoms with Crippen molar-refractivity contribution in [2.24, 2.45) is 16.6 Å². The number of nitrogens with one attached hydrogen (secondary N) is 2. The Hall–Kier alpha value is -1.52. The van der Waals surface area contributed by atoms with Gasteiger partial charge in [0.05, 0.1) is 12.2 Å². The van der Waals surface area contributed by atoms with Gasteiger partial charge < -0.3 is 11.1 Å². The first-order valence-electron chi connectivity index (χ1n) is 6.21. The number of aromatic amines is 1. The molecular formula is C12H21N5. The van der Waals surface area contributed by atoms with Crippen LogP contribution < -0.4 is 11.1 Å². The zero-order valence-corrected chi connectivity index (χ0v) is 10.6. The van der Waals surface area contributed by atoms with E-state index < -0.39 is 0 Å². The Morgan fingerprint density at radius 3 is 2.82 bits per heavy atom. The molecule has 0 aliphatic heterocycles. The van der Waals surface area contributed by atoms with Gasteiger partial charge in [-0.2, -0.15) is 5.10 Å². The summed E-state index contributed by atoms with van der Waals surface area (Å²) in [4.78, 5) is 4.34. The smallest absolute Gasteiger partial charge is 0.188 e. The Labute approximate surface area is 102 Å². The Kier molecular flexibility index (Phi) is 3.66. The molecule has 0 atom stereocenters. The lowest BCUT2D eigenvalue weighted by atomic mass is 9.85. The molecule has 5 nitrogen and oxygen atoms in total. The van der Waals surface area contributed by atoms with Crippen LogP contribution in [-0.4, -0.2) is 22.7 Å². The summed E-state index contributed by atoms with van der Waals surface area (Å²) in [5.74, 6) is 1.33. The second-order valence-corrected chi connectivity index (χ2v) is 4.79. The molecule has 5 heteroatoms. The minimum absolute atomic E-state index is 0.539. The molecule has 94 valence electrons. The fourth-order valence-electron chi connectivity index (χ4n) is 1.97. The molecule has 1 heterocycles. The van der Waals surface area contributed by atoms with Gasteiger partial charge >= 0.3 is 0 Å². The lowest BCUT2D eigenvalue weighted by Gasteiger charge is -2.25. The average Bonchev–Trinajstić information content (AvgIpc) is 2.54. The zero-order chi connectivity index (χ0) is 12.3. The van der Waals surface area contributed by atoms with Crippen LogP contribution in [0.2, 0.25) is 0 Å². The number of rotatable bonds is 4. The van der Waals surface area contributed by atoms with Crippen LogP contribution in [0.25, 0.3) is 0 Å². The van der Waals surface area contributed by atoms with E-state index in [0.717, 1.165) is 29.4 Å². The highest BCUT2D eigenvalue weighted by molar-refractivity contribution is 5.77. The minimum atomic E-state index is 0.539. The summed E-state index contributed by atoms with van der Waals surface area (Å²) in [6.07, 6.45) is 4.00. The predicted octanol–water partition coefficient (Wildman–Crippen LogP) is 1.23. The van der Waals surface area contributed by atoms with Crippen molar-refractivity contribution in [3.8, 4) is 0 Å². The van der Waals surface area contributed by atoms with Gasteiger partial charge in [0.2, 0.25) is 0 Å². The molecule has 0 unspecified atom stereocenters. The molecule has 1 saturated carbocycles. The quantitative estimate of drug-likeness (QED) is 0.542. The van der Waals surface area contributed by atoms with Gasteiger partial charge in [0.1, 0.15) is 0 Å². The largest absolute Gasteiger partial charge is 0.370 e. The van der Waals surface area contributed by atoms with Crippen LogP contribution in [0.3, 0.4) is 0 Å². The van der Waals surface area contributed by atoms with Crippen molar-refractivity contribution in [2.75, 3.05) is 6.54 Å². The van der Waals surface area contributed by atoms with Crippen molar-refractivity contribution in [1.29, 1.82) is 0 Å². The molecule has 2 rings (SSSR count). The number of H-pyrrole nitrogens is 1. The highest BCUT2D eigenvalue weighted by atomic mass is 15.1. The summed E-state index contributed by atoms with van der Waals surface area (Å²) < 4.78 is 0. The normalized spacial score (nSPS) is 16.9. The number of hydrogen-bond acceptors (Lipinski definition) is 2. The van der Waals surface area contributed by atoms with E-state index in [2.05, 4.69) is 20.5 Å². The number of guanidine groups is 1. The second-order valence-electron chi connectivity index (χ2n) is 4.79. The third-order valence-corrected chi connectivity index (χ3v) is 3.48. The second kappa shape index (κ2) is 5.21. The molecule has 0 bridgehead atoms. The van der Waals surface area contributed by atoms with Crippen LogP contribution in [0.5, 0.6) is 0 Å². The van der Waals surface area contributed by atoms with Crippen LogP contribution in [0.1, 0.15) is 36.2 Å². The molecule has 1 aromatic heterocycles. The molecule has 0 aromatic carbocycles. The summed E-state index contributed by atoms with van der Waals surface area (Å²) in [7, 11) is 0. The Morgan fingerprint density at radius 2 is 2.29 bits per heavy atom. The average molecular weight is 235 g/mol. The highest BCUT2D eigenvalue weighted by Crippen LogP contribution is 2.24. The summed E-state index contributed by atoms with van der Waals surface area (Å²) in [6, 6.07) is 0. The first kappa shape index (κ1) is 12.0. The highest BCUT2D eigenvalue weighted by Gasteiger charge is 2.16. The van der Waals surface area contributed by atoms with Crippen LogP contribution in [0.15, 0.2) is 4.99 Å². The molecule has 1 fully saturated rings. The van der Waals surface area contributed by atoms with Gasteiger partial charge in [-0.05, 0) is 32.6 Å². The maximum Gasteiger partial charge on any atom is 0.188 e. The Bertz CT molecular complexity index is 384. The van der Waals surface area contributed by atoms with E-state index in [1.807, 2.05) is 13.8 Å². The fourth-order valence-corrected chi connectivity index (χ4v) is 1.97. The predicted molar refractivity (Wildman–Crippen MR) is 68.7 cm³/mol. The van der Waals surface area contributed by atoms with E-state index in [1.165, 1.54) is 19.3 Å². The maximum absolute atomic E-state index is 5.83. The van der Waals surface area contributed by atoms with E-state index in [1.54, 1.807) is 0 Å². The number of nitrogens with two attached hydrogens (primary N) is 1. The SMILES string of the molecule is Cc1n[nH]c(C)c1CN=C(N)NCC1CCC1. The Morgan fingerprint density at radius 1 is 1.53 bits per heavy atom. The van der Waals surface area contributed by atoms with E-state index in [9.17, 15) is 0 Å². The molecule has 0 radical (unpaired) electrons. The van der Waals surface area contributed by atoms with Gasteiger partial charge in [0, 0.05) is 17.8 Å². The van der Waals surface area contributed by atoms with Crippen molar-refractivity contribution in [3.05, 3.63) is 17.0 Å². The first-order valence-corrected chi connectivity index (χ1v) is 6.21. The summed E-state index contributed by atoms with van der Waals surface area (Å²) in [6.45, 7) is 5.53. The Balaban J connectivity index is 1.82. The molecule has 1 aliphatic carbocycles. The maximum atomic E-state index is 5.83. The summed E-state index contributed by atoms with van der Waals surface area (Å²) >= 11 is 0. The molecule has 4 N–H and O–H groups in total. The monoisotopic (exact) mass is 235 g/mol. The van der Waals surface area contributed by atoms with Gasteiger partial charge in [-0.1, -0.05) is 6.42 Å². The third kappa shape index (κ3) is 2.99. The van der Waals surface area contributed by atoms with Gasteiger partial charge in [-0.15, -0.1) is 0 Å². The van der Waals surface area contributed by atoms with Crippen molar-refractivity contribution in [3.63, 3.8) is 0 Å². The number of aromatic nitrogens is 2. The topological polar surface area (TPSA) is 79.1 Å². The van der Waals surface area contributed by atoms with Crippen molar-refractivity contribution in [2.45, 2.75) is 39.7 Å². The van der Waals surface area contributed by atoms with Crippen molar-refractivity contribution >= 4 is 5.96 Å². The van der Waals surface area contributed by atoms with Crippen molar-refractivity contribution in [1.82, 2.24) is 15.5 Å². The molecule has 0 amide bonds. The lowest BCUT2D eigenvalue weighted by molar-refractivity contribution is 0.315. The standard InChI is InChI=1S/C12H21N5/c1-8-11(9(2)17-16-8)7-15-12(13)14-6-10-4-3-5-10/h10H,3-7H2,1-2H3,(H,16,17)(H3,13,14,15). The molecule has 0 spiro atoms. The first-order chi connectivity index (χ1) is 8.16. The molecule has 1 aliphatic rings. The van der Waals surface area contributed by atoms with E-state index in [4.69, 9.17) is 5.73 Å². The molecule has 17 heavy (non-hydrogen) atoms. The van der Waals surface area contributed by atoms with E-state index >= 15 is 0 Å². The number of hydrogen-bond donors (Lipinski definition) is 3. The van der Waals surface area contributed by atoms with Crippen LogP contribution >= 0.6 is 0 Å². The number of aryl methyl sites for hydroxylation is 2. The van der Waals surface area contributed by atoms with Gasteiger partial charge in [0.15, 0.2) is 5.96 Å². The summed E-state index contributed by atoms with van der Waals surface area (Å²) in [5.41, 5.74) is 9.03. The third-order valence-electron chi connectivity index (χ3n) is 3.48. The molecule has 0 saturated heterocycles. The molecule has 1 aromatic rings. The van der Waals surface area contributed by atoms with Crippen LogP contribution in [0, 0.1) is 19.8 Å². The lowest BCUT2D eigenvalue weighted by Crippen LogP contribution is -2.37. The van der Waals surface area contributed by atoms with Crippen LogP contribution in [0.4, 0.5) is 0 Å². The van der Waals surface area contributed by atoms with Gasteiger partial charge in [0.25, 0.3) is 0 Å². The van der Waals surface area contributed by atoms with Crippen molar-refractivity contribution < 1.29 is 0 Å². The fraction of sp³-hybridized carbons (Fsp3) is 0.667. The van der Waals surface area contributed by atoms with E-state index in [-0.39, 0.29) is 0 Å². The summed E-state index contributed by atoms with van der Waals surface area (Å²) in [5, 5.41) is 10.3. The molecular weight excluding hydrogens is 214 g/mol. The van der Waals surface area contributed by atoms with Gasteiger partial charge in [-0.25, -0.2) is 4.99 Å². The van der Waals surface area contributed by atoms with Gasteiger partial charge in [-0.3, -0.25) is 5.10 Å². The zero-order valence-electron chi connectivity index (χ0n) is 10.6. The minimum Gasteiger partial charge on any atom is -0.370 e. The number of aliphatic imine (C=N–C) groups is 1. The number of nitrogens with zero attached hydrogens (tertiary/aromatic N) is 2. The van der Waals surface area contributed by atoms with Crippen LogP contribution in [-0.2, 0) is 6.54 Å².